The molecule has 1 aromatic carbocycles. The standard InChI is InChI=1S/C12H10BrFO2/c1-7-2-3-8(6-9(7)14)12(15)10-4-5-11(13)16-10/h2-6,12,15H,1H3. The topological polar surface area (TPSA) is 33.4 Å². The smallest absolute Gasteiger partial charge is 0.169 e. The highest BCUT2D eigenvalue weighted by Gasteiger charge is 2.15. The number of aliphatic hydroxyl groups is 1. The van der Waals surface area contributed by atoms with E-state index in [4.69, 9.17) is 4.42 Å². The Morgan fingerprint density at radius 3 is 2.62 bits per heavy atom. The van der Waals surface area contributed by atoms with Gasteiger partial charge < -0.3 is 9.52 Å². The van der Waals surface area contributed by atoms with Gasteiger partial charge in [-0.3, -0.25) is 0 Å². The van der Waals surface area contributed by atoms with E-state index in [1.807, 2.05) is 0 Å². The highest BCUT2D eigenvalue weighted by atomic mass is 79.9. The van der Waals surface area contributed by atoms with E-state index in [1.165, 1.54) is 6.07 Å². The number of furan rings is 1. The second kappa shape index (κ2) is 4.39. The zero-order chi connectivity index (χ0) is 11.7. The average Bonchev–Trinajstić information content (AvgIpc) is 2.68. The van der Waals surface area contributed by atoms with Crippen LogP contribution in [-0.2, 0) is 0 Å². The van der Waals surface area contributed by atoms with E-state index in [-0.39, 0.29) is 5.82 Å². The van der Waals surface area contributed by atoms with E-state index in [0.29, 0.717) is 21.6 Å². The number of benzene rings is 1. The van der Waals surface area contributed by atoms with Crippen molar-refractivity contribution in [2.45, 2.75) is 13.0 Å². The van der Waals surface area contributed by atoms with Gasteiger partial charge in [-0.1, -0.05) is 12.1 Å². The second-order valence-corrected chi connectivity index (χ2v) is 4.33. The Morgan fingerprint density at radius 2 is 2.06 bits per heavy atom. The fraction of sp³-hybridized carbons (Fsp3) is 0.167. The zero-order valence-electron chi connectivity index (χ0n) is 8.58. The van der Waals surface area contributed by atoms with Crippen molar-refractivity contribution in [2.75, 3.05) is 0 Å². The Morgan fingerprint density at radius 1 is 1.31 bits per heavy atom. The lowest BCUT2D eigenvalue weighted by molar-refractivity contribution is 0.187. The molecule has 1 atom stereocenters. The van der Waals surface area contributed by atoms with Gasteiger partial charge in [0.25, 0.3) is 0 Å². The molecule has 2 aromatic rings. The van der Waals surface area contributed by atoms with E-state index in [2.05, 4.69) is 15.9 Å². The van der Waals surface area contributed by atoms with E-state index < -0.39 is 6.10 Å². The van der Waals surface area contributed by atoms with Gasteiger partial charge in [-0.2, -0.15) is 0 Å². The first-order valence-electron chi connectivity index (χ1n) is 4.77. The summed E-state index contributed by atoms with van der Waals surface area (Å²) in [6.07, 6.45) is -0.943. The highest BCUT2D eigenvalue weighted by molar-refractivity contribution is 9.10. The van der Waals surface area contributed by atoms with Crippen molar-refractivity contribution >= 4 is 15.9 Å². The van der Waals surface area contributed by atoms with Crippen LogP contribution in [0.25, 0.3) is 0 Å². The molecule has 0 radical (unpaired) electrons. The summed E-state index contributed by atoms with van der Waals surface area (Å²) >= 11 is 3.15. The summed E-state index contributed by atoms with van der Waals surface area (Å²) in [4.78, 5) is 0. The Kier molecular flexibility index (Phi) is 3.12. The van der Waals surface area contributed by atoms with E-state index in [0.717, 1.165) is 0 Å². The van der Waals surface area contributed by atoms with Crippen molar-refractivity contribution in [2.24, 2.45) is 0 Å². The molecule has 0 amide bonds. The van der Waals surface area contributed by atoms with E-state index in [9.17, 15) is 9.50 Å². The molecule has 16 heavy (non-hydrogen) atoms. The molecule has 0 aliphatic carbocycles. The van der Waals surface area contributed by atoms with Crippen LogP contribution in [-0.4, -0.2) is 5.11 Å². The van der Waals surface area contributed by atoms with Crippen molar-refractivity contribution in [3.63, 3.8) is 0 Å². The first kappa shape index (κ1) is 11.4. The van der Waals surface area contributed by atoms with Crippen molar-refractivity contribution < 1.29 is 13.9 Å². The Bertz CT molecular complexity index is 507. The molecule has 4 heteroatoms. The Labute approximate surface area is 101 Å². The van der Waals surface area contributed by atoms with Crippen LogP contribution >= 0.6 is 15.9 Å². The van der Waals surface area contributed by atoms with Gasteiger partial charge in [0, 0.05) is 0 Å². The molecule has 0 saturated heterocycles. The summed E-state index contributed by atoms with van der Waals surface area (Å²) in [6.45, 7) is 1.68. The Balaban J connectivity index is 2.33. The van der Waals surface area contributed by atoms with Crippen LogP contribution < -0.4 is 0 Å². The largest absolute Gasteiger partial charge is 0.451 e. The van der Waals surface area contributed by atoms with Crippen LogP contribution in [0.2, 0.25) is 0 Å². The number of rotatable bonds is 2. The van der Waals surface area contributed by atoms with Gasteiger partial charge in [-0.05, 0) is 52.2 Å². The van der Waals surface area contributed by atoms with Crippen molar-refractivity contribution in [3.8, 4) is 0 Å². The van der Waals surface area contributed by atoms with Gasteiger partial charge in [0.05, 0.1) is 0 Å². The van der Waals surface area contributed by atoms with Crippen molar-refractivity contribution in [1.82, 2.24) is 0 Å². The molecule has 1 aromatic heterocycles. The van der Waals surface area contributed by atoms with Crippen LogP contribution in [0, 0.1) is 12.7 Å². The van der Waals surface area contributed by atoms with Crippen molar-refractivity contribution in [1.29, 1.82) is 0 Å². The van der Waals surface area contributed by atoms with Crippen LogP contribution in [0.1, 0.15) is 23.0 Å². The molecule has 0 aliphatic rings. The minimum Gasteiger partial charge on any atom is -0.451 e. The normalized spacial score (nSPS) is 12.8. The average molecular weight is 285 g/mol. The van der Waals surface area contributed by atoms with E-state index in [1.54, 1.807) is 31.2 Å². The zero-order valence-corrected chi connectivity index (χ0v) is 10.2. The van der Waals surface area contributed by atoms with Crippen LogP contribution in [0.5, 0.6) is 0 Å². The maximum Gasteiger partial charge on any atom is 0.169 e. The predicted octanol–water partition coefficient (Wildman–Crippen LogP) is 3.57. The highest BCUT2D eigenvalue weighted by Crippen LogP contribution is 2.26. The van der Waals surface area contributed by atoms with Crippen LogP contribution in [0.15, 0.2) is 39.4 Å². The first-order valence-corrected chi connectivity index (χ1v) is 5.56. The molecular weight excluding hydrogens is 275 g/mol. The molecule has 0 aliphatic heterocycles. The Hall–Kier alpha value is -1.13. The summed E-state index contributed by atoms with van der Waals surface area (Å²) in [5.74, 6) is 0.0531. The number of halogens is 2. The number of hydrogen-bond donors (Lipinski definition) is 1. The molecule has 1 heterocycles. The van der Waals surface area contributed by atoms with Gasteiger partial charge in [-0.15, -0.1) is 0 Å². The number of aliphatic hydroxyl groups excluding tert-OH is 1. The fourth-order valence-electron chi connectivity index (χ4n) is 1.42. The summed E-state index contributed by atoms with van der Waals surface area (Å²) in [5.41, 5.74) is 1.03. The molecule has 1 unspecified atom stereocenters. The predicted molar refractivity (Wildman–Crippen MR) is 61.6 cm³/mol. The first-order chi connectivity index (χ1) is 7.58. The third kappa shape index (κ3) is 2.18. The fourth-order valence-corrected chi connectivity index (χ4v) is 1.74. The molecule has 1 N–H and O–H groups in total. The number of aryl methyl sites for hydroxylation is 1. The third-order valence-corrected chi connectivity index (χ3v) is 2.80. The molecule has 0 fully saturated rings. The molecule has 2 rings (SSSR count). The summed E-state index contributed by atoms with van der Waals surface area (Å²) < 4.78 is 19.1. The lowest BCUT2D eigenvalue weighted by Crippen LogP contribution is -1.99. The molecule has 0 saturated carbocycles. The molecule has 0 spiro atoms. The maximum absolute atomic E-state index is 13.3. The van der Waals surface area contributed by atoms with Gasteiger partial charge in [-0.25, -0.2) is 4.39 Å². The molecular formula is C12H10BrFO2. The number of hydrogen-bond acceptors (Lipinski definition) is 2. The molecule has 2 nitrogen and oxygen atoms in total. The lowest BCUT2D eigenvalue weighted by Gasteiger charge is -2.08. The van der Waals surface area contributed by atoms with Gasteiger partial charge in [0.15, 0.2) is 4.67 Å². The minimum absolute atomic E-state index is 0.331. The monoisotopic (exact) mass is 284 g/mol. The van der Waals surface area contributed by atoms with Gasteiger partial charge in [0.1, 0.15) is 17.7 Å². The van der Waals surface area contributed by atoms with Crippen LogP contribution in [0.4, 0.5) is 4.39 Å². The van der Waals surface area contributed by atoms with Crippen molar-refractivity contribution in [3.05, 3.63) is 57.7 Å². The second-order valence-electron chi connectivity index (χ2n) is 3.55. The summed E-state index contributed by atoms with van der Waals surface area (Å²) in [7, 11) is 0. The summed E-state index contributed by atoms with van der Waals surface area (Å²) in [5, 5.41) is 9.94. The maximum atomic E-state index is 13.3. The third-order valence-electron chi connectivity index (χ3n) is 2.38. The van der Waals surface area contributed by atoms with Crippen LogP contribution in [0.3, 0.4) is 0 Å². The SMILES string of the molecule is Cc1ccc(C(O)c2ccc(Br)o2)cc1F. The summed E-state index contributed by atoms with van der Waals surface area (Å²) in [6, 6.07) is 7.96. The minimum atomic E-state index is -0.943. The molecule has 84 valence electrons. The van der Waals surface area contributed by atoms with Gasteiger partial charge >= 0.3 is 0 Å². The quantitative estimate of drug-likeness (QED) is 0.915. The lowest BCUT2D eigenvalue weighted by atomic mass is 10.1. The van der Waals surface area contributed by atoms with Gasteiger partial charge in [0.2, 0.25) is 0 Å². The van der Waals surface area contributed by atoms with E-state index >= 15 is 0 Å². The molecule has 0 bridgehead atoms.